The van der Waals surface area contributed by atoms with Gasteiger partial charge in [0.25, 0.3) is 0 Å². The summed E-state index contributed by atoms with van der Waals surface area (Å²) in [5.74, 6) is 0. The van der Waals surface area contributed by atoms with Crippen LogP contribution in [0.15, 0.2) is 17.3 Å². The fourth-order valence-electron chi connectivity index (χ4n) is 1.52. The summed E-state index contributed by atoms with van der Waals surface area (Å²) in [5.41, 5.74) is 3.62. The molecule has 0 radical (unpaired) electrons. The summed E-state index contributed by atoms with van der Waals surface area (Å²) >= 11 is 0. The van der Waals surface area contributed by atoms with Crippen LogP contribution in [0, 0.1) is 6.92 Å². The zero-order valence-corrected chi connectivity index (χ0v) is 6.70. The minimum absolute atomic E-state index is 0.304. The molecule has 2 heterocycles. The van der Waals surface area contributed by atoms with Crippen molar-refractivity contribution in [3.05, 3.63) is 29.1 Å². The highest BCUT2D eigenvalue weighted by Crippen LogP contribution is 2.26. The van der Waals surface area contributed by atoms with Gasteiger partial charge in [-0.25, -0.2) is 0 Å². The summed E-state index contributed by atoms with van der Waals surface area (Å²) in [6.45, 7) is 4.13. The Hall–Kier alpha value is -1.18. The van der Waals surface area contributed by atoms with Crippen molar-refractivity contribution in [2.75, 3.05) is 0 Å². The van der Waals surface area contributed by atoms with E-state index in [4.69, 9.17) is 0 Å². The molecule has 0 spiro atoms. The van der Waals surface area contributed by atoms with Crippen LogP contribution in [0.1, 0.15) is 29.8 Å². The molecule has 2 rings (SSSR count). The van der Waals surface area contributed by atoms with Crippen LogP contribution in [-0.4, -0.2) is 11.2 Å². The molecule has 1 atom stereocenters. The molecule has 1 aliphatic heterocycles. The predicted molar refractivity (Wildman–Crippen MR) is 45.0 cm³/mol. The molecule has 56 valence electrons. The van der Waals surface area contributed by atoms with Gasteiger partial charge in [0.2, 0.25) is 0 Å². The maximum atomic E-state index is 4.30. The highest BCUT2D eigenvalue weighted by Gasteiger charge is 2.16. The molecule has 0 saturated heterocycles. The Labute approximate surface area is 66.0 Å². The normalized spacial score (nSPS) is 20.4. The van der Waals surface area contributed by atoms with Crippen molar-refractivity contribution >= 4 is 6.21 Å². The van der Waals surface area contributed by atoms with Crippen LogP contribution in [0.4, 0.5) is 0 Å². The van der Waals surface area contributed by atoms with Crippen LogP contribution in [0.5, 0.6) is 0 Å². The van der Waals surface area contributed by atoms with Gasteiger partial charge in [0.05, 0.1) is 6.04 Å². The van der Waals surface area contributed by atoms with Crippen LogP contribution in [0.3, 0.4) is 0 Å². The average Bonchev–Trinajstić information content (AvgIpc) is 2.34. The summed E-state index contributed by atoms with van der Waals surface area (Å²) in [4.78, 5) is 8.52. The number of aliphatic imine (C=N–C) groups is 1. The zero-order chi connectivity index (χ0) is 7.84. The molecule has 0 saturated carbocycles. The van der Waals surface area contributed by atoms with E-state index >= 15 is 0 Å². The minimum Gasteiger partial charge on any atom is -0.285 e. The molecular formula is C9H10N2. The van der Waals surface area contributed by atoms with Crippen molar-refractivity contribution in [1.29, 1.82) is 0 Å². The molecule has 1 aliphatic rings. The molecule has 1 aromatic heterocycles. The van der Waals surface area contributed by atoms with E-state index in [0.29, 0.717) is 6.04 Å². The second-order valence-electron chi connectivity index (χ2n) is 2.85. The predicted octanol–water partition coefficient (Wildman–Crippen LogP) is 1.88. The Morgan fingerprint density at radius 3 is 3.00 bits per heavy atom. The highest BCUT2D eigenvalue weighted by atomic mass is 14.8. The van der Waals surface area contributed by atoms with Gasteiger partial charge in [-0.1, -0.05) is 0 Å². The van der Waals surface area contributed by atoms with Gasteiger partial charge in [0.15, 0.2) is 0 Å². The molecule has 1 aromatic rings. The summed E-state index contributed by atoms with van der Waals surface area (Å²) in [5, 5.41) is 0. The quantitative estimate of drug-likeness (QED) is 0.548. The molecule has 0 N–H and O–H groups in total. The lowest BCUT2D eigenvalue weighted by atomic mass is 10.1. The van der Waals surface area contributed by atoms with Gasteiger partial charge in [0.1, 0.15) is 0 Å². The van der Waals surface area contributed by atoms with E-state index in [2.05, 4.69) is 16.9 Å². The van der Waals surface area contributed by atoms with Crippen LogP contribution in [0.2, 0.25) is 0 Å². The fourth-order valence-corrected chi connectivity index (χ4v) is 1.52. The number of fused-ring (bicyclic) bond motifs is 1. The first kappa shape index (κ1) is 6.53. The summed E-state index contributed by atoms with van der Waals surface area (Å²) in [6, 6.07) is 2.31. The molecule has 2 heteroatoms. The van der Waals surface area contributed by atoms with E-state index in [-0.39, 0.29) is 0 Å². The topological polar surface area (TPSA) is 25.2 Å². The molecule has 0 fully saturated rings. The van der Waals surface area contributed by atoms with Crippen LogP contribution in [-0.2, 0) is 0 Å². The lowest BCUT2D eigenvalue weighted by Gasteiger charge is -2.04. The van der Waals surface area contributed by atoms with E-state index in [0.717, 1.165) is 5.69 Å². The Bertz CT molecular complexity index is 315. The van der Waals surface area contributed by atoms with E-state index in [9.17, 15) is 0 Å². The number of hydrogen-bond acceptors (Lipinski definition) is 2. The van der Waals surface area contributed by atoms with Crippen molar-refractivity contribution in [2.45, 2.75) is 19.9 Å². The first-order valence-electron chi connectivity index (χ1n) is 3.77. The van der Waals surface area contributed by atoms with Gasteiger partial charge in [0, 0.05) is 29.2 Å². The molecule has 0 bridgehead atoms. The van der Waals surface area contributed by atoms with E-state index in [1.54, 1.807) is 0 Å². The van der Waals surface area contributed by atoms with Gasteiger partial charge >= 0.3 is 0 Å². The minimum atomic E-state index is 0.304. The largest absolute Gasteiger partial charge is 0.285 e. The van der Waals surface area contributed by atoms with Crippen LogP contribution in [0.25, 0.3) is 0 Å². The number of pyridine rings is 1. The fraction of sp³-hybridized carbons (Fsp3) is 0.333. The summed E-state index contributed by atoms with van der Waals surface area (Å²) in [6.07, 6.45) is 3.76. The first-order chi connectivity index (χ1) is 5.29. The van der Waals surface area contributed by atoms with Crippen molar-refractivity contribution in [2.24, 2.45) is 4.99 Å². The van der Waals surface area contributed by atoms with Gasteiger partial charge in [-0.05, 0) is 19.9 Å². The Balaban J connectivity index is 2.65. The lowest BCUT2D eigenvalue weighted by Crippen LogP contribution is -1.94. The first-order valence-corrected chi connectivity index (χ1v) is 3.77. The summed E-state index contributed by atoms with van der Waals surface area (Å²) < 4.78 is 0. The molecule has 0 aromatic carbocycles. The van der Waals surface area contributed by atoms with E-state index in [1.807, 2.05) is 25.4 Å². The maximum Gasteiger partial charge on any atom is 0.0745 e. The van der Waals surface area contributed by atoms with E-state index in [1.165, 1.54) is 11.1 Å². The molecular weight excluding hydrogens is 136 g/mol. The van der Waals surface area contributed by atoms with Gasteiger partial charge < -0.3 is 0 Å². The number of rotatable bonds is 0. The third-order valence-electron chi connectivity index (χ3n) is 2.08. The number of nitrogens with zero attached hydrogens (tertiary/aromatic N) is 2. The third-order valence-corrected chi connectivity index (χ3v) is 2.08. The molecule has 11 heavy (non-hydrogen) atoms. The zero-order valence-electron chi connectivity index (χ0n) is 6.70. The van der Waals surface area contributed by atoms with Crippen LogP contribution >= 0.6 is 0 Å². The van der Waals surface area contributed by atoms with Crippen molar-refractivity contribution < 1.29 is 0 Å². The average molecular weight is 146 g/mol. The monoisotopic (exact) mass is 146 g/mol. The molecule has 0 aliphatic carbocycles. The SMILES string of the molecule is Cc1nccc2c1C(C)N=C2. The standard InChI is InChI=1S/C9H10N2/c1-6-9-7(2)11-5-8(9)3-4-10-6/h3-5,7H,1-2H3. The number of aryl methyl sites for hydroxylation is 1. The van der Waals surface area contributed by atoms with Gasteiger partial charge in [-0.3, -0.25) is 9.98 Å². The maximum absolute atomic E-state index is 4.30. The Morgan fingerprint density at radius 2 is 2.27 bits per heavy atom. The Morgan fingerprint density at radius 1 is 1.45 bits per heavy atom. The molecule has 2 nitrogen and oxygen atoms in total. The lowest BCUT2D eigenvalue weighted by molar-refractivity contribution is 0.825. The van der Waals surface area contributed by atoms with E-state index < -0.39 is 0 Å². The van der Waals surface area contributed by atoms with Crippen molar-refractivity contribution in [1.82, 2.24) is 4.98 Å². The smallest absolute Gasteiger partial charge is 0.0745 e. The molecule has 1 unspecified atom stereocenters. The van der Waals surface area contributed by atoms with Gasteiger partial charge in [-0.2, -0.15) is 0 Å². The van der Waals surface area contributed by atoms with Crippen molar-refractivity contribution in [3.63, 3.8) is 0 Å². The van der Waals surface area contributed by atoms with Crippen LogP contribution < -0.4 is 0 Å². The third kappa shape index (κ3) is 0.862. The molecule has 0 amide bonds. The summed E-state index contributed by atoms with van der Waals surface area (Å²) in [7, 11) is 0. The highest BCUT2D eigenvalue weighted by molar-refractivity contribution is 5.85. The second kappa shape index (κ2) is 2.16. The van der Waals surface area contributed by atoms with Gasteiger partial charge in [-0.15, -0.1) is 0 Å². The number of aromatic nitrogens is 1. The second-order valence-corrected chi connectivity index (χ2v) is 2.85. The Kier molecular flexibility index (Phi) is 1.28. The number of hydrogen-bond donors (Lipinski definition) is 0. The van der Waals surface area contributed by atoms with Crippen molar-refractivity contribution in [3.8, 4) is 0 Å².